The van der Waals surface area contributed by atoms with Crippen LogP contribution in [0.2, 0.25) is 0 Å². The van der Waals surface area contributed by atoms with Gasteiger partial charge in [0, 0.05) is 12.6 Å². The van der Waals surface area contributed by atoms with Gasteiger partial charge in [-0.2, -0.15) is 0 Å². The molecule has 3 atom stereocenters. The maximum atomic E-state index is 5.27. The molecule has 1 rings (SSSR count). The lowest BCUT2D eigenvalue weighted by atomic mass is 9.78. The second kappa shape index (κ2) is 6.31. The predicted octanol–water partition coefficient (Wildman–Crippen LogP) is 2.69. The zero-order chi connectivity index (χ0) is 11.3. The van der Waals surface area contributed by atoms with Crippen LogP contribution in [0.1, 0.15) is 46.5 Å². The molecule has 1 saturated carbocycles. The first-order chi connectivity index (χ1) is 7.15. The van der Waals surface area contributed by atoms with Gasteiger partial charge in [-0.3, -0.25) is 0 Å². The van der Waals surface area contributed by atoms with Gasteiger partial charge >= 0.3 is 0 Å². The normalized spacial score (nSPS) is 31.0. The van der Waals surface area contributed by atoms with E-state index in [0.29, 0.717) is 6.04 Å². The van der Waals surface area contributed by atoms with Crippen LogP contribution in [0.3, 0.4) is 0 Å². The first-order valence-corrected chi connectivity index (χ1v) is 6.60. The fraction of sp³-hybridized carbons (Fsp3) is 0.917. The van der Waals surface area contributed by atoms with Crippen molar-refractivity contribution in [3.8, 4) is 0 Å². The van der Waals surface area contributed by atoms with Crippen LogP contribution in [-0.2, 0) is 0 Å². The molecule has 3 heteroatoms. The molecule has 2 N–H and O–H groups in total. The van der Waals surface area contributed by atoms with Crippen molar-refractivity contribution in [1.82, 2.24) is 10.6 Å². The second-order valence-corrected chi connectivity index (χ2v) is 5.18. The zero-order valence-corrected chi connectivity index (χ0v) is 11.0. The maximum Gasteiger partial charge on any atom is 0.166 e. The smallest absolute Gasteiger partial charge is 0.166 e. The average Bonchev–Trinajstić information content (AvgIpc) is 2.22. The van der Waals surface area contributed by atoms with E-state index in [1.807, 2.05) is 0 Å². The lowest BCUT2D eigenvalue weighted by Gasteiger charge is -2.35. The summed E-state index contributed by atoms with van der Waals surface area (Å²) in [5, 5.41) is 7.53. The molecule has 0 amide bonds. The number of nitrogens with one attached hydrogen (secondary N) is 2. The Hall–Kier alpha value is -0.310. The maximum absolute atomic E-state index is 5.27. The van der Waals surface area contributed by atoms with Gasteiger partial charge in [0.2, 0.25) is 0 Å². The zero-order valence-electron chi connectivity index (χ0n) is 10.2. The third-order valence-corrected chi connectivity index (χ3v) is 3.82. The monoisotopic (exact) mass is 228 g/mol. The molecule has 3 unspecified atom stereocenters. The highest BCUT2D eigenvalue weighted by Crippen LogP contribution is 2.29. The van der Waals surface area contributed by atoms with Crippen molar-refractivity contribution in [3.05, 3.63) is 0 Å². The SMILES string of the molecule is CCCNC(=S)NC1CCCC(C)C1C. The van der Waals surface area contributed by atoms with Gasteiger partial charge in [-0.05, 0) is 36.9 Å². The van der Waals surface area contributed by atoms with Gasteiger partial charge in [0.1, 0.15) is 0 Å². The summed E-state index contributed by atoms with van der Waals surface area (Å²) < 4.78 is 0. The first-order valence-electron chi connectivity index (χ1n) is 6.19. The van der Waals surface area contributed by atoms with Crippen molar-refractivity contribution in [2.45, 2.75) is 52.5 Å². The van der Waals surface area contributed by atoms with Gasteiger partial charge < -0.3 is 10.6 Å². The highest BCUT2D eigenvalue weighted by Gasteiger charge is 2.27. The van der Waals surface area contributed by atoms with Crippen molar-refractivity contribution in [1.29, 1.82) is 0 Å². The molecule has 0 spiro atoms. The van der Waals surface area contributed by atoms with E-state index in [2.05, 4.69) is 31.4 Å². The standard InChI is InChI=1S/C12H24N2S/c1-4-8-13-12(15)14-11-7-5-6-9(2)10(11)3/h9-11H,4-8H2,1-3H3,(H2,13,14,15). The van der Waals surface area contributed by atoms with E-state index in [9.17, 15) is 0 Å². The van der Waals surface area contributed by atoms with E-state index < -0.39 is 0 Å². The Kier molecular flexibility index (Phi) is 5.37. The molecule has 0 aliphatic heterocycles. The Morgan fingerprint density at radius 1 is 1.33 bits per heavy atom. The molecule has 1 aliphatic rings. The summed E-state index contributed by atoms with van der Waals surface area (Å²) in [5.41, 5.74) is 0. The second-order valence-electron chi connectivity index (χ2n) is 4.77. The molecular formula is C12H24N2S. The van der Waals surface area contributed by atoms with Crippen LogP contribution in [0.15, 0.2) is 0 Å². The Morgan fingerprint density at radius 3 is 2.73 bits per heavy atom. The fourth-order valence-corrected chi connectivity index (χ4v) is 2.50. The minimum Gasteiger partial charge on any atom is -0.363 e. The van der Waals surface area contributed by atoms with Crippen molar-refractivity contribution < 1.29 is 0 Å². The van der Waals surface area contributed by atoms with Gasteiger partial charge in [-0.15, -0.1) is 0 Å². The summed E-state index contributed by atoms with van der Waals surface area (Å²) in [6.45, 7) is 7.81. The lowest BCUT2D eigenvalue weighted by Crippen LogP contribution is -2.47. The Balaban J connectivity index is 2.33. The number of thiocarbonyl (C=S) groups is 1. The van der Waals surface area contributed by atoms with E-state index >= 15 is 0 Å². The Bertz CT molecular complexity index is 206. The summed E-state index contributed by atoms with van der Waals surface area (Å²) in [4.78, 5) is 0. The van der Waals surface area contributed by atoms with E-state index in [1.54, 1.807) is 0 Å². The highest BCUT2D eigenvalue weighted by atomic mass is 32.1. The van der Waals surface area contributed by atoms with Crippen molar-refractivity contribution >= 4 is 17.3 Å². The lowest BCUT2D eigenvalue weighted by molar-refractivity contribution is 0.224. The molecule has 0 aromatic carbocycles. The minimum atomic E-state index is 0.575. The van der Waals surface area contributed by atoms with Gasteiger partial charge in [-0.25, -0.2) is 0 Å². The molecule has 0 radical (unpaired) electrons. The Labute approximate surface area is 99.2 Å². The summed E-state index contributed by atoms with van der Waals surface area (Å²) in [5.74, 6) is 1.56. The fourth-order valence-electron chi connectivity index (χ4n) is 2.24. The first kappa shape index (κ1) is 12.8. The van der Waals surface area contributed by atoms with Crippen molar-refractivity contribution in [2.24, 2.45) is 11.8 Å². The molecule has 88 valence electrons. The summed E-state index contributed by atoms with van der Waals surface area (Å²) in [7, 11) is 0. The van der Waals surface area contributed by atoms with Gasteiger partial charge in [0.05, 0.1) is 0 Å². The molecule has 2 nitrogen and oxygen atoms in total. The summed E-state index contributed by atoms with van der Waals surface area (Å²) in [6, 6.07) is 0.575. The quantitative estimate of drug-likeness (QED) is 0.726. The topological polar surface area (TPSA) is 24.1 Å². The largest absolute Gasteiger partial charge is 0.363 e. The van der Waals surface area contributed by atoms with Crippen LogP contribution >= 0.6 is 12.2 Å². The van der Waals surface area contributed by atoms with E-state index in [4.69, 9.17) is 12.2 Å². The van der Waals surface area contributed by atoms with Crippen LogP contribution in [0.25, 0.3) is 0 Å². The molecule has 0 aromatic rings. The minimum absolute atomic E-state index is 0.575. The molecule has 0 bridgehead atoms. The van der Waals surface area contributed by atoms with Crippen LogP contribution in [0.5, 0.6) is 0 Å². The number of hydrogen-bond acceptors (Lipinski definition) is 1. The van der Waals surface area contributed by atoms with Gasteiger partial charge in [-0.1, -0.05) is 33.6 Å². The highest BCUT2D eigenvalue weighted by molar-refractivity contribution is 7.80. The van der Waals surface area contributed by atoms with Crippen LogP contribution in [0.4, 0.5) is 0 Å². The van der Waals surface area contributed by atoms with E-state index in [0.717, 1.165) is 29.9 Å². The molecule has 0 saturated heterocycles. The average molecular weight is 228 g/mol. The van der Waals surface area contributed by atoms with Crippen molar-refractivity contribution in [3.63, 3.8) is 0 Å². The number of hydrogen-bond donors (Lipinski definition) is 2. The summed E-state index contributed by atoms with van der Waals surface area (Å²) in [6.07, 6.45) is 5.09. The number of rotatable bonds is 3. The molecule has 0 aromatic heterocycles. The van der Waals surface area contributed by atoms with Crippen LogP contribution in [-0.4, -0.2) is 17.7 Å². The third kappa shape index (κ3) is 3.98. The molecule has 1 aliphatic carbocycles. The molecule has 1 fully saturated rings. The molecular weight excluding hydrogens is 204 g/mol. The van der Waals surface area contributed by atoms with Crippen LogP contribution in [0, 0.1) is 11.8 Å². The third-order valence-electron chi connectivity index (χ3n) is 3.56. The van der Waals surface area contributed by atoms with Crippen LogP contribution < -0.4 is 10.6 Å². The van der Waals surface area contributed by atoms with E-state index in [1.165, 1.54) is 19.3 Å². The summed E-state index contributed by atoms with van der Waals surface area (Å²) >= 11 is 5.27. The van der Waals surface area contributed by atoms with Gasteiger partial charge in [0.15, 0.2) is 5.11 Å². The molecule has 0 heterocycles. The van der Waals surface area contributed by atoms with E-state index in [-0.39, 0.29) is 0 Å². The van der Waals surface area contributed by atoms with Crippen molar-refractivity contribution in [2.75, 3.05) is 6.54 Å². The predicted molar refractivity (Wildman–Crippen MR) is 70.0 cm³/mol. The molecule has 15 heavy (non-hydrogen) atoms. The van der Waals surface area contributed by atoms with Gasteiger partial charge in [0.25, 0.3) is 0 Å². The Morgan fingerprint density at radius 2 is 2.07 bits per heavy atom.